The summed E-state index contributed by atoms with van der Waals surface area (Å²) in [6.45, 7) is 3.55. The van der Waals surface area contributed by atoms with Crippen LogP contribution in [-0.4, -0.2) is 49.5 Å². The Morgan fingerprint density at radius 3 is 2.37 bits per heavy atom. The number of rotatable bonds is 6. The first-order chi connectivity index (χ1) is 16.8. The van der Waals surface area contributed by atoms with Gasteiger partial charge in [0.25, 0.3) is 11.8 Å². The van der Waals surface area contributed by atoms with Crippen LogP contribution in [0.2, 0.25) is 10.0 Å². The van der Waals surface area contributed by atoms with E-state index in [1.165, 1.54) is 12.1 Å². The molecule has 3 aromatic rings. The number of nitrogens with one attached hydrogen (secondary N) is 1. The van der Waals surface area contributed by atoms with Crippen molar-refractivity contribution in [3.8, 4) is 5.75 Å². The molecule has 1 aliphatic heterocycles. The fourth-order valence-corrected chi connectivity index (χ4v) is 4.34. The number of aryl methyl sites for hydroxylation is 1. The smallest absolute Gasteiger partial charge is 0.262 e. The van der Waals surface area contributed by atoms with Crippen LogP contribution in [0.5, 0.6) is 5.75 Å². The van der Waals surface area contributed by atoms with Gasteiger partial charge in [-0.3, -0.25) is 9.59 Å². The Balaban J connectivity index is 1.40. The van der Waals surface area contributed by atoms with Gasteiger partial charge in [-0.15, -0.1) is 0 Å². The highest BCUT2D eigenvalue weighted by Crippen LogP contribution is 2.30. The maximum absolute atomic E-state index is 14.0. The number of piperazine rings is 1. The number of ether oxygens (including phenoxy) is 1. The number of anilines is 2. The minimum Gasteiger partial charge on any atom is -0.483 e. The predicted octanol–water partition coefficient (Wildman–Crippen LogP) is 5.42. The summed E-state index contributed by atoms with van der Waals surface area (Å²) < 4.78 is 19.7. The van der Waals surface area contributed by atoms with Gasteiger partial charge in [-0.1, -0.05) is 35.3 Å². The molecular formula is C26H24Cl2FN3O3. The monoisotopic (exact) mass is 515 g/mol. The van der Waals surface area contributed by atoms with Crippen LogP contribution in [0.25, 0.3) is 0 Å². The van der Waals surface area contributed by atoms with E-state index in [1.54, 1.807) is 47.4 Å². The molecule has 3 aromatic carbocycles. The van der Waals surface area contributed by atoms with Gasteiger partial charge in [0.2, 0.25) is 0 Å². The van der Waals surface area contributed by atoms with E-state index in [0.29, 0.717) is 47.7 Å². The number of benzene rings is 3. The van der Waals surface area contributed by atoms with Crippen molar-refractivity contribution in [3.63, 3.8) is 0 Å². The normalized spacial score (nSPS) is 13.5. The van der Waals surface area contributed by atoms with Gasteiger partial charge in [0.1, 0.15) is 11.6 Å². The minimum absolute atomic E-state index is 0.0660. The molecule has 1 fully saturated rings. The molecule has 0 saturated carbocycles. The third-order valence-corrected chi connectivity index (χ3v) is 6.21. The molecule has 182 valence electrons. The topological polar surface area (TPSA) is 61.9 Å². The molecule has 0 aliphatic carbocycles. The van der Waals surface area contributed by atoms with Crippen LogP contribution in [-0.2, 0) is 4.79 Å². The Bertz CT molecular complexity index is 1250. The van der Waals surface area contributed by atoms with Gasteiger partial charge >= 0.3 is 0 Å². The van der Waals surface area contributed by atoms with E-state index in [2.05, 4.69) is 10.2 Å². The predicted molar refractivity (Wildman–Crippen MR) is 136 cm³/mol. The zero-order valence-corrected chi connectivity index (χ0v) is 20.6. The molecule has 6 nitrogen and oxygen atoms in total. The molecule has 1 saturated heterocycles. The Kier molecular flexibility index (Phi) is 7.78. The van der Waals surface area contributed by atoms with Crippen LogP contribution < -0.4 is 15.0 Å². The van der Waals surface area contributed by atoms with E-state index in [4.69, 9.17) is 27.9 Å². The van der Waals surface area contributed by atoms with Crippen molar-refractivity contribution in [2.24, 2.45) is 0 Å². The standard InChI is InChI=1S/C26H24Cl2FN3O3/c1-17-14-18(27)7-9-24(17)35-16-25(33)30-22-15-19(28)6-8-23(22)31-10-12-32(13-11-31)26(34)20-4-2-3-5-21(20)29/h2-9,14-15H,10-13,16H2,1H3,(H,30,33). The number of nitrogens with zero attached hydrogens (tertiary/aromatic N) is 2. The lowest BCUT2D eigenvalue weighted by atomic mass is 10.1. The SMILES string of the molecule is Cc1cc(Cl)ccc1OCC(=O)Nc1cc(Cl)ccc1N1CCN(C(=O)c2ccccc2F)CC1. The van der Waals surface area contributed by atoms with Crippen molar-refractivity contribution in [2.45, 2.75) is 6.92 Å². The van der Waals surface area contributed by atoms with Crippen molar-refractivity contribution in [2.75, 3.05) is 43.0 Å². The number of carbonyl (C=O) groups is 2. The highest BCUT2D eigenvalue weighted by molar-refractivity contribution is 6.31. The van der Waals surface area contributed by atoms with Gasteiger partial charge in [-0.2, -0.15) is 0 Å². The van der Waals surface area contributed by atoms with Gasteiger partial charge in [0.15, 0.2) is 6.61 Å². The highest BCUT2D eigenvalue weighted by atomic mass is 35.5. The Morgan fingerprint density at radius 2 is 1.66 bits per heavy atom. The van der Waals surface area contributed by atoms with Gasteiger partial charge < -0.3 is 19.9 Å². The Hall–Kier alpha value is -3.29. The number of halogens is 3. The second-order valence-electron chi connectivity index (χ2n) is 8.17. The van der Waals surface area contributed by atoms with Crippen LogP contribution in [0, 0.1) is 12.7 Å². The molecule has 1 N–H and O–H groups in total. The van der Waals surface area contributed by atoms with Crippen LogP contribution >= 0.6 is 23.2 Å². The second kappa shape index (κ2) is 11.0. The summed E-state index contributed by atoms with van der Waals surface area (Å²) in [5.41, 5.74) is 2.23. The van der Waals surface area contributed by atoms with Gasteiger partial charge in [0, 0.05) is 36.2 Å². The molecule has 0 spiro atoms. The molecule has 0 unspecified atom stereocenters. The average molecular weight is 516 g/mol. The summed E-state index contributed by atoms with van der Waals surface area (Å²) in [4.78, 5) is 29.0. The Labute approximate surface area is 213 Å². The van der Waals surface area contributed by atoms with Crippen molar-refractivity contribution >= 4 is 46.4 Å². The van der Waals surface area contributed by atoms with Crippen LogP contribution in [0.15, 0.2) is 60.7 Å². The number of carbonyl (C=O) groups excluding carboxylic acids is 2. The van der Waals surface area contributed by atoms with E-state index in [1.807, 2.05) is 13.0 Å². The van der Waals surface area contributed by atoms with E-state index in [0.717, 1.165) is 11.3 Å². The molecule has 1 heterocycles. The lowest BCUT2D eigenvalue weighted by Crippen LogP contribution is -2.49. The van der Waals surface area contributed by atoms with Crippen molar-refractivity contribution in [3.05, 3.63) is 87.7 Å². The fourth-order valence-electron chi connectivity index (χ4n) is 3.94. The average Bonchev–Trinajstić information content (AvgIpc) is 2.84. The largest absolute Gasteiger partial charge is 0.483 e. The van der Waals surface area contributed by atoms with Crippen LogP contribution in [0.1, 0.15) is 15.9 Å². The van der Waals surface area contributed by atoms with Crippen molar-refractivity contribution < 1.29 is 18.7 Å². The van der Waals surface area contributed by atoms with Crippen molar-refractivity contribution in [1.29, 1.82) is 0 Å². The molecule has 0 bridgehead atoms. The fraction of sp³-hybridized carbons (Fsp3) is 0.231. The number of hydrogen-bond acceptors (Lipinski definition) is 4. The lowest BCUT2D eigenvalue weighted by molar-refractivity contribution is -0.118. The molecule has 0 radical (unpaired) electrons. The summed E-state index contributed by atoms with van der Waals surface area (Å²) in [6.07, 6.45) is 0. The van der Waals surface area contributed by atoms with Gasteiger partial charge in [-0.25, -0.2) is 4.39 Å². The second-order valence-corrected chi connectivity index (χ2v) is 9.04. The van der Waals surface area contributed by atoms with E-state index in [9.17, 15) is 14.0 Å². The summed E-state index contributed by atoms with van der Waals surface area (Å²) in [7, 11) is 0. The zero-order valence-electron chi connectivity index (χ0n) is 19.1. The van der Waals surface area contributed by atoms with Crippen molar-refractivity contribution in [1.82, 2.24) is 4.90 Å². The first kappa shape index (κ1) is 24.8. The maximum atomic E-state index is 14.0. The molecule has 2 amide bonds. The maximum Gasteiger partial charge on any atom is 0.262 e. The van der Waals surface area contributed by atoms with Gasteiger partial charge in [-0.05, 0) is 61.0 Å². The van der Waals surface area contributed by atoms with E-state index >= 15 is 0 Å². The highest BCUT2D eigenvalue weighted by Gasteiger charge is 2.25. The Morgan fingerprint density at radius 1 is 0.971 bits per heavy atom. The summed E-state index contributed by atoms with van der Waals surface area (Å²) in [5.74, 6) is -0.622. The summed E-state index contributed by atoms with van der Waals surface area (Å²) in [6, 6.07) is 16.4. The quantitative estimate of drug-likeness (QED) is 0.476. The molecular weight excluding hydrogens is 492 g/mol. The first-order valence-electron chi connectivity index (χ1n) is 11.1. The summed E-state index contributed by atoms with van der Waals surface area (Å²) >= 11 is 12.2. The molecule has 0 atom stereocenters. The molecule has 35 heavy (non-hydrogen) atoms. The minimum atomic E-state index is -0.529. The first-order valence-corrected chi connectivity index (χ1v) is 11.8. The third-order valence-electron chi connectivity index (χ3n) is 5.74. The number of hydrogen-bond donors (Lipinski definition) is 1. The zero-order chi connectivity index (χ0) is 24.9. The molecule has 0 aromatic heterocycles. The van der Waals surface area contributed by atoms with E-state index < -0.39 is 5.82 Å². The van der Waals surface area contributed by atoms with Crippen LogP contribution in [0.3, 0.4) is 0 Å². The molecule has 4 rings (SSSR count). The summed E-state index contributed by atoms with van der Waals surface area (Å²) in [5, 5.41) is 3.95. The van der Waals surface area contributed by atoms with Gasteiger partial charge in [0.05, 0.1) is 16.9 Å². The lowest BCUT2D eigenvalue weighted by Gasteiger charge is -2.37. The van der Waals surface area contributed by atoms with Crippen LogP contribution in [0.4, 0.5) is 15.8 Å². The third kappa shape index (κ3) is 6.05. The van der Waals surface area contributed by atoms with E-state index in [-0.39, 0.29) is 24.0 Å². The number of amides is 2. The molecule has 9 heteroatoms. The molecule has 1 aliphatic rings.